The summed E-state index contributed by atoms with van der Waals surface area (Å²) >= 11 is 3.34. The number of halogens is 1. The number of nitrogens with two attached hydrogens (primary N) is 1. The standard InChI is InChI=1S/C10H14BrN3O/c1-15-5-4-14-9-3-2-7(11)6-8(9)10(12)13/h2-3,6,14H,4-5H2,1H3,(H3,12,13). The number of rotatable bonds is 5. The minimum Gasteiger partial charge on any atom is -0.384 e. The number of nitrogens with one attached hydrogen (secondary N) is 2. The van der Waals surface area contributed by atoms with Gasteiger partial charge in [-0.25, -0.2) is 0 Å². The third-order valence-corrected chi connectivity index (χ3v) is 2.39. The molecule has 82 valence electrons. The molecular formula is C10H14BrN3O. The van der Waals surface area contributed by atoms with E-state index in [-0.39, 0.29) is 5.84 Å². The van der Waals surface area contributed by atoms with Crippen LogP contribution in [0.3, 0.4) is 0 Å². The summed E-state index contributed by atoms with van der Waals surface area (Å²) in [6, 6.07) is 5.61. The Morgan fingerprint density at radius 3 is 2.93 bits per heavy atom. The number of nitrogen functional groups attached to an aromatic ring is 1. The maximum Gasteiger partial charge on any atom is 0.124 e. The van der Waals surface area contributed by atoms with Crippen LogP contribution in [0.15, 0.2) is 22.7 Å². The molecule has 1 aromatic rings. The highest BCUT2D eigenvalue weighted by Crippen LogP contribution is 2.20. The van der Waals surface area contributed by atoms with Crippen molar-refractivity contribution in [3.05, 3.63) is 28.2 Å². The van der Waals surface area contributed by atoms with Gasteiger partial charge >= 0.3 is 0 Å². The summed E-state index contributed by atoms with van der Waals surface area (Å²) in [6.45, 7) is 1.31. The zero-order valence-corrected chi connectivity index (χ0v) is 10.1. The number of hydrogen-bond acceptors (Lipinski definition) is 3. The van der Waals surface area contributed by atoms with Gasteiger partial charge in [0.25, 0.3) is 0 Å². The summed E-state index contributed by atoms with van der Waals surface area (Å²) in [7, 11) is 1.65. The van der Waals surface area contributed by atoms with Gasteiger partial charge in [0.2, 0.25) is 0 Å². The quantitative estimate of drug-likeness (QED) is 0.435. The van der Waals surface area contributed by atoms with E-state index >= 15 is 0 Å². The highest BCUT2D eigenvalue weighted by atomic mass is 79.9. The van der Waals surface area contributed by atoms with E-state index in [1.807, 2.05) is 18.2 Å². The molecule has 0 bridgehead atoms. The van der Waals surface area contributed by atoms with Crippen molar-refractivity contribution < 1.29 is 4.74 Å². The van der Waals surface area contributed by atoms with Gasteiger partial charge in [-0.1, -0.05) is 15.9 Å². The Balaban J connectivity index is 2.81. The van der Waals surface area contributed by atoms with E-state index in [0.29, 0.717) is 18.7 Å². The van der Waals surface area contributed by atoms with Crippen LogP contribution < -0.4 is 11.1 Å². The predicted molar refractivity (Wildman–Crippen MR) is 65.5 cm³/mol. The summed E-state index contributed by atoms with van der Waals surface area (Å²) in [4.78, 5) is 0. The summed E-state index contributed by atoms with van der Waals surface area (Å²) in [5.74, 6) is 0.0521. The lowest BCUT2D eigenvalue weighted by molar-refractivity contribution is 0.211. The van der Waals surface area contributed by atoms with Crippen molar-refractivity contribution >= 4 is 27.5 Å². The Hall–Kier alpha value is -1.07. The van der Waals surface area contributed by atoms with Gasteiger partial charge in [-0.3, -0.25) is 5.41 Å². The first-order chi connectivity index (χ1) is 7.15. The molecule has 0 aliphatic carbocycles. The van der Waals surface area contributed by atoms with E-state index < -0.39 is 0 Å². The monoisotopic (exact) mass is 271 g/mol. The van der Waals surface area contributed by atoms with Crippen LogP contribution in [0.25, 0.3) is 0 Å². The molecule has 15 heavy (non-hydrogen) atoms. The largest absolute Gasteiger partial charge is 0.384 e. The number of amidine groups is 1. The summed E-state index contributed by atoms with van der Waals surface area (Å²) < 4.78 is 5.84. The van der Waals surface area contributed by atoms with Crippen molar-refractivity contribution in [3.8, 4) is 0 Å². The zero-order valence-electron chi connectivity index (χ0n) is 8.51. The second kappa shape index (κ2) is 5.72. The predicted octanol–water partition coefficient (Wildman–Crippen LogP) is 1.79. The fourth-order valence-corrected chi connectivity index (χ4v) is 1.54. The molecule has 0 saturated carbocycles. The number of hydrogen-bond donors (Lipinski definition) is 3. The van der Waals surface area contributed by atoms with E-state index in [2.05, 4.69) is 21.2 Å². The lowest BCUT2D eigenvalue weighted by Crippen LogP contribution is -2.16. The third kappa shape index (κ3) is 3.53. The number of ether oxygens (including phenoxy) is 1. The zero-order chi connectivity index (χ0) is 11.3. The molecule has 4 N–H and O–H groups in total. The van der Waals surface area contributed by atoms with E-state index in [1.165, 1.54) is 0 Å². The van der Waals surface area contributed by atoms with Crippen LogP contribution in [0.1, 0.15) is 5.56 Å². The first kappa shape index (κ1) is 12.0. The van der Waals surface area contributed by atoms with Gasteiger partial charge in [-0.15, -0.1) is 0 Å². The smallest absolute Gasteiger partial charge is 0.124 e. The number of methoxy groups -OCH3 is 1. The SMILES string of the molecule is COCCNc1ccc(Br)cc1C(=N)N. The maximum absolute atomic E-state index is 7.44. The second-order valence-corrected chi connectivity index (χ2v) is 3.94. The third-order valence-electron chi connectivity index (χ3n) is 1.89. The summed E-state index contributed by atoms with van der Waals surface area (Å²) in [6.07, 6.45) is 0. The van der Waals surface area contributed by atoms with Crippen LogP contribution in [-0.4, -0.2) is 26.1 Å². The molecule has 0 aliphatic rings. The molecule has 0 aromatic heterocycles. The van der Waals surface area contributed by atoms with Crippen molar-refractivity contribution in [2.45, 2.75) is 0 Å². The average Bonchev–Trinajstić information content (AvgIpc) is 2.20. The minimum atomic E-state index is 0.0521. The van der Waals surface area contributed by atoms with Gasteiger partial charge < -0.3 is 15.8 Å². The molecule has 5 heteroatoms. The Bertz CT molecular complexity index is 355. The molecule has 0 aliphatic heterocycles. The molecular weight excluding hydrogens is 258 g/mol. The van der Waals surface area contributed by atoms with E-state index in [4.69, 9.17) is 15.9 Å². The Morgan fingerprint density at radius 1 is 1.60 bits per heavy atom. The second-order valence-electron chi connectivity index (χ2n) is 3.02. The highest BCUT2D eigenvalue weighted by molar-refractivity contribution is 9.10. The lowest BCUT2D eigenvalue weighted by Gasteiger charge is -2.11. The normalized spacial score (nSPS) is 10.0. The topological polar surface area (TPSA) is 71.1 Å². The average molecular weight is 272 g/mol. The molecule has 0 radical (unpaired) electrons. The van der Waals surface area contributed by atoms with Crippen LogP contribution >= 0.6 is 15.9 Å². The fourth-order valence-electron chi connectivity index (χ4n) is 1.18. The van der Waals surface area contributed by atoms with Gasteiger partial charge in [-0.05, 0) is 18.2 Å². The number of anilines is 1. The lowest BCUT2D eigenvalue weighted by atomic mass is 10.1. The molecule has 1 aromatic carbocycles. The summed E-state index contributed by atoms with van der Waals surface area (Å²) in [5, 5.41) is 10.6. The minimum absolute atomic E-state index is 0.0521. The Kier molecular flexibility index (Phi) is 4.58. The van der Waals surface area contributed by atoms with Gasteiger partial charge in [0.15, 0.2) is 0 Å². The Labute approximate surface area is 97.4 Å². The van der Waals surface area contributed by atoms with Crippen molar-refractivity contribution in [2.24, 2.45) is 5.73 Å². The fraction of sp³-hybridized carbons (Fsp3) is 0.300. The molecule has 0 amide bonds. The molecule has 0 heterocycles. The van der Waals surface area contributed by atoms with Gasteiger partial charge in [-0.2, -0.15) is 0 Å². The molecule has 0 saturated heterocycles. The van der Waals surface area contributed by atoms with Crippen LogP contribution in [-0.2, 0) is 4.74 Å². The van der Waals surface area contributed by atoms with E-state index in [0.717, 1.165) is 10.2 Å². The first-order valence-electron chi connectivity index (χ1n) is 4.52. The Morgan fingerprint density at radius 2 is 2.33 bits per heavy atom. The van der Waals surface area contributed by atoms with Crippen LogP contribution in [0.5, 0.6) is 0 Å². The molecule has 0 unspecified atom stereocenters. The van der Waals surface area contributed by atoms with E-state index in [1.54, 1.807) is 7.11 Å². The van der Waals surface area contributed by atoms with E-state index in [9.17, 15) is 0 Å². The maximum atomic E-state index is 7.44. The van der Waals surface area contributed by atoms with Crippen molar-refractivity contribution in [2.75, 3.05) is 25.6 Å². The van der Waals surface area contributed by atoms with Crippen molar-refractivity contribution in [1.82, 2.24) is 0 Å². The van der Waals surface area contributed by atoms with Crippen LogP contribution in [0.2, 0.25) is 0 Å². The van der Waals surface area contributed by atoms with Crippen LogP contribution in [0.4, 0.5) is 5.69 Å². The van der Waals surface area contributed by atoms with Crippen LogP contribution in [0, 0.1) is 5.41 Å². The molecule has 0 spiro atoms. The summed E-state index contributed by atoms with van der Waals surface area (Å²) in [5.41, 5.74) is 7.02. The highest BCUT2D eigenvalue weighted by Gasteiger charge is 2.05. The molecule has 0 atom stereocenters. The molecule has 1 rings (SSSR count). The van der Waals surface area contributed by atoms with Gasteiger partial charge in [0.1, 0.15) is 5.84 Å². The van der Waals surface area contributed by atoms with Crippen molar-refractivity contribution in [3.63, 3.8) is 0 Å². The van der Waals surface area contributed by atoms with Gasteiger partial charge in [0, 0.05) is 29.4 Å². The number of benzene rings is 1. The van der Waals surface area contributed by atoms with Gasteiger partial charge in [0.05, 0.1) is 6.61 Å². The molecule has 4 nitrogen and oxygen atoms in total. The molecule has 0 fully saturated rings. The first-order valence-corrected chi connectivity index (χ1v) is 5.31. The van der Waals surface area contributed by atoms with Crippen molar-refractivity contribution in [1.29, 1.82) is 5.41 Å².